The molecule has 0 radical (unpaired) electrons. The molecule has 4 nitrogen and oxygen atoms in total. The van der Waals surface area contributed by atoms with Crippen molar-refractivity contribution in [3.05, 3.63) is 46.5 Å². The van der Waals surface area contributed by atoms with Crippen molar-refractivity contribution >= 4 is 12.2 Å². The van der Waals surface area contributed by atoms with Gasteiger partial charge in [0.05, 0.1) is 0 Å². The number of hydrogen-bond donors (Lipinski definition) is 2. The molecule has 0 amide bonds. The van der Waals surface area contributed by atoms with Crippen LogP contribution in [0.15, 0.2) is 30.3 Å². The summed E-state index contributed by atoms with van der Waals surface area (Å²) in [7, 11) is 1.77. The number of nitrogens with one attached hydrogen (secondary N) is 1. The van der Waals surface area contributed by atoms with Gasteiger partial charge in [0.15, 0.2) is 10.6 Å². The van der Waals surface area contributed by atoms with Gasteiger partial charge in [0, 0.05) is 7.05 Å². The first kappa shape index (κ1) is 10.1. The van der Waals surface area contributed by atoms with Gasteiger partial charge in [-0.2, -0.15) is 5.10 Å². The Labute approximate surface area is 92.2 Å². The zero-order chi connectivity index (χ0) is 10.8. The Morgan fingerprint density at radius 3 is 2.60 bits per heavy atom. The zero-order valence-electron chi connectivity index (χ0n) is 8.21. The number of benzene rings is 1. The van der Waals surface area contributed by atoms with Crippen LogP contribution in [-0.4, -0.2) is 19.9 Å². The van der Waals surface area contributed by atoms with Gasteiger partial charge in [0.2, 0.25) is 0 Å². The molecule has 0 saturated heterocycles. The normalized spacial score (nSPS) is 12.7. The maximum absolute atomic E-state index is 10.0. The molecule has 15 heavy (non-hydrogen) atoms. The van der Waals surface area contributed by atoms with E-state index in [9.17, 15) is 5.11 Å². The minimum Gasteiger partial charge on any atom is -0.380 e. The Hall–Kier alpha value is -1.46. The van der Waals surface area contributed by atoms with E-state index in [-0.39, 0.29) is 0 Å². The van der Waals surface area contributed by atoms with Gasteiger partial charge in [-0.1, -0.05) is 30.3 Å². The molecule has 0 spiro atoms. The second-order valence-corrected chi connectivity index (χ2v) is 3.65. The first-order valence-corrected chi connectivity index (χ1v) is 4.95. The van der Waals surface area contributed by atoms with Crippen molar-refractivity contribution in [2.75, 3.05) is 0 Å². The summed E-state index contributed by atoms with van der Waals surface area (Å²) in [5.41, 5.74) is 0.801. The molecule has 2 rings (SSSR count). The van der Waals surface area contributed by atoms with E-state index in [1.165, 1.54) is 0 Å². The Morgan fingerprint density at radius 2 is 2.07 bits per heavy atom. The van der Waals surface area contributed by atoms with E-state index < -0.39 is 6.10 Å². The smallest absolute Gasteiger partial charge is 0.194 e. The quantitative estimate of drug-likeness (QED) is 0.757. The van der Waals surface area contributed by atoms with Gasteiger partial charge in [-0.25, -0.2) is 0 Å². The Morgan fingerprint density at radius 1 is 1.40 bits per heavy atom. The third-order valence-corrected chi connectivity index (χ3v) is 2.64. The van der Waals surface area contributed by atoms with Crippen molar-refractivity contribution < 1.29 is 5.11 Å². The van der Waals surface area contributed by atoms with Crippen LogP contribution in [0.4, 0.5) is 0 Å². The third kappa shape index (κ3) is 1.84. The topological polar surface area (TPSA) is 53.8 Å². The molecule has 78 valence electrons. The molecular weight excluding hydrogens is 210 g/mol. The Kier molecular flexibility index (Phi) is 2.66. The van der Waals surface area contributed by atoms with Gasteiger partial charge in [0.25, 0.3) is 0 Å². The van der Waals surface area contributed by atoms with E-state index in [0.717, 1.165) is 5.56 Å². The minimum absolute atomic E-state index is 0.500. The number of nitrogens with zero attached hydrogens (tertiary/aromatic N) is 2. The molecule has 5 heteroatoms. The van der Waals surface area contributed by atoms with Crippen LogP contribution in [0.5, 0.6) is 0 Å². The number of aliphatic hydroxyl groups is 1. The van der Waals surface area contributed by atoms with Crippen LogP contribution in [-0.2, 0) is 7.05 Å². The van der Waals surface area contributed by atoms with Crippen LogP contribution in [0.25, 0.3) is 0 Å². The fourth-order valence-electron chi connectivity index (χ4n) is 1.39. The average molecular weight is 221 g/mol. The lowest BCUT2D eigenvalue weighted by Gasteiger charge is -2.09. The van der Waals surface area contributed by atoms with Crippen molar-refractivity contribution in [2.45, 2.75) is 6.10 Å². The van der Waals surface area contributed by atoms with Gasteiger partial charge >= 0.3 is 0 Å². The summed E-state index contributed by atoms with van der Waals surface area (Å²) in [5, 5.41) is 16.7. The SMILES string of the molecule is Cn1c(C(O)c2ccccc2)n[nH]c1=S. The second kappa shape index (κ2) is 3.96. The lowest BCUT2D eigenvalue weighted by molar-refractivity contribution is 0.205. The Bertz CT molecular complexity index is 503. The summed E-state index contributed by atoms with van der Waals surface area (Å²) < 4.78 is 2.16. The third-order valence-electron chi connectivity index (χ3n) is 2.27. The van der Waals surface area contributed by atoms with Crippen molar-refractivity contribution in [2.24, 2.45) is 7.05 Å². The monoisotopic (exact) mass is 221 g/mol. The van der Waals surface area contributed by atoms with E-state index in [2.05, 4.69) is 10.2 Å². The van der Waals surface area contributed by atoms with Crippen molar-refractivity contribution in [1.29, 1.82) is 0 Å². The van der Waals surface area contributed by atoms with Crippen molar-refractivity contribution in [3.8, 4) is 0 Å². The van der Waals surface area contributed by atoms with Crippen LogP contribution in [0.1, 0.15) is 17.5 Å². The molecular formula is C10H11N3OS. The number of aromatic amines is 1. The highest BCUT2D eigenvalue weighted by Gasteiger charge is 2.15. The maximum atomic E-state index is 10.0. The molecule has 0 bridgehead atoms. The zero-order valence-corrected chi connectivity index (χ0v) is 9.03. The molecule has 0 aliphatic carbocycles. The van der Waals surface area contributed by atoms with Crippen LogP contribution in [0.2, 0.25) is 0 Å². The largest absolute Gasteiger partial charge is 0.380 e. The summed E-state index contributed by atoms with van der Waals surface area (Å²) >= 11 is 4.98. The van der Waals surface area contributed by atoms with E-state index in [1.54, 1.807) is 11.6 Å². The summed E-state index contributed by atoms with van der Waals surface area (Å²) in [6, 6.07) is 9.35. The van der Waals surface area contributed by atoms with Crippen LogP contribution in [0, 0.1) is 4.77 Å². The van der Waals surface area contributed by atoms with Gasteiger partial charge in [-0.15, -0.1) is 0 Å². The molecule has 0 saturated carbocycles. The highest BCUT2D eigenvalue weighted by molar-refractivity contribution is 7.71. The number of rotatable bonds is 2. The van der Waals surface area contributed by atoms with E-state index in [1.807, 2.05) is 30.3 Å². The first-order chi connectivity index (χ1) is 7.20. The summed E-state index contributed by atoms with van der Waals surface area (Å²) in [6.07, 6.45) is -0.746. The average Bonchev–Trinajstić information content (AvgIpc) is 2.60. The molecule has 1 aromatic heterocycles. The fourth-order valence-corrected chi connectivity index (χ4v) is 1.53. The minimum atomic E-state index is -0.746. The van der Waals surface area contributed by atoms with Gasteiger partial charge in [-0.05, 0) is 17.8 Å². The summed E-state index contributed by atoms with van der Waals surface area (Å²) in [4.78, 5) is 0. The lowest BCUT2D eigenvalue weighted by atomic mass is 10.1. The van der Waals surface area contributed by atoms with Gasteiger partial charge < -0.3 is 9.67 Å². The van der Waals surface area contributed by atoms with Crippen LogP contribution < -0.4 is 0 Å². The predicted molar refractivity (Wildman–Crippen MR) is 58.9 cm³/mol. The van der Waals surface area contributed by atoms with E-state index in [4.69, 9.17) is 12.2 Å². The second-order valence-electron chi connectivity index (χ2n) is 3.26. The van der Waals surface area contributed by atoms with Crippen molar-refractivity contribution in [3.63, 3.8) is 0 Å². The van der Waals surface area contributed by atoms with Crippen LogP contribution >= 0.6 is 12.2 Å². The van der Waals surface area contributed by atoms with Gasteiger partial charge in [-0.3, -0.25) is 5.10 Å². The molecule has 1 unspecified atom stereocenters. The number of H-pyrrole nitrogens is 1. The Balaban J connectivity index is 2.41. The molecule has 1 heterocycles. The molecule has 0 fully saturated rings. The predicted octanol–water partition coefficient (Wildman–Crippen LogP) is 1.56. The molecule has 2 N–H and O–H groups in total. The van der Waals surface area contributed by atoms with E-state index >= 15 is 0 Å². The standard InChI is InChI=1S/C10H11N3OS/c1-13-9(11-12-10(13)15)8(14)7-5-3-2-4-6-7/h2-6,8,14H,1H3,(H,12,15). The fraction of sp³-hybridized carbons (Fsp3) is 0.200. The molecule has 1 atom stereocenters. The number of aromatic nitrogens is 3. The lowest BCUT2D eigenvalue weighted by Crippen LogP contribution is -2.07. The van der Waals surface area contributed by atoms with E-state index in [0.29, 0.717) is 10.6 Å². The van der Waals surface area contributed by atoms with Crippen LogP contribution in [0.3, 0.4) is 0 Å². The number of aliphatic hydroxyl groups excluding tert-OH is 1. The highest BCUT2D eigenvalue weighted by atomic mass is 32.1. The molecule has 0 aliphatic rings. The van der Waals surface area contributed by atoms with Gasteiger partial charge in [0.1, 0.15) is 6.10 Å². The summed E-state index contributed by atoms with van der Waals surface area (Å²) in [6.45, 7) is 0. The number of hydrogen-bond acceptors (Lipinski definition) is 3. The van der Waals surface area contributed by atoms with Crippen molar-refractivity contribution in [1.82, 2.24) is 14.8 Å². The first-order valence-electron chi connectivity index (χ1n) is 4.54. The maximum Gasteiger partial charge on any atom is 0.194 e. The highest BCUT2D eigenvalue weighted by Crippen LogP contribution is 2.18. The summed E-state index contributed by atoms with van der Waals surface area (Å²) in [5.74, 6) is 0.520. The molecule has 2 aromatic rings. The molecule has 1 aromatic carbocycles. The molecule has 0 aliphatic heterocycles.